The molecule has 26 heavy (non-hydrogen) atoms. The molecule has 1 aromatic heterocycles. The number of rotatable bonds is 6. The Morgan fingerprint density at radius 1 is 1.15 bits per heavy atom. The summed E-state index contributed by atoms with van der Waals surface area (Å²) in [5.41, 5.74) is 0. The summed E-state index contributed by atoms with van der Waals surface area (Å²) in [6.07, 6.45) is 6.56. The first-order chi connectivity index (χ1) is 12.6. The van der Waals surface area contributed by atoms with Gasteiger partial charge in [0.2, 0.25) is 5.91 Å². The number of amides is 2. The van der Waals surface area contributed by atoms with Gasteiger partial charge < -0.3 is 19.5 Å². The number of nitrogens with zero attached hydrogens (tertiary/aromatic N) is 2. The molecule has 6 heteroatoms. The van der Waals surface area contributed by atoms with Crippen LogP contribution < -0.4 is 5.32 Å². The molecule has 0 bridgehead atoms. The van der Waals surface area contributed by atoms with E-state index in [9.17, 15) is 9.59 Å². The Kier molecular flexibility index (Phi) is 6.72. The second-order valence-electron chi connectivity index (χ2n) is 7.71. The van der Waals surface area contributed by atoms with E-state index >= 15 is 0 Å². The fourth-order valence-electron chi connectivity index (χ4n) is 3.85. The Morgan fingerprint density at radius 2 is 1.88 bits per heavy atom. The number of carbonyl (C=O) groups is 2. The highest BCUT2D eigenvalue weighted by Crippen LogP contribution is 2.19. The predicted octanol–water partition coefficient (Wildman–Crippen LogP) is 2.37. The van der Waals surface area contributed by atoms with E-state index in [1.54, 1.807) is 17.0 Å². The summed E-state index contributed by atoms with van der Waals surface area (Å²) in [4.78, 5) is 28.9. The maximum Gasteiger partial charge on any atom is 0.289 e. The standard InChI is InChI=1S/C20H31N3O3/c1-16-5-11-22(12-6-16)10-3-9-21-19(24)17-7-13-23(14-8-17)20(25)18-4-2-15-26-18/h2,4,15-17H,3,5-14H2,1H3,(H,21,24). The number of piperidine rings is 2. The van der Waals surface area contributed by atoms with Crippen LogP contribution in [0.5, 0.6) is 0 Å². The highest BCUT2D eigenvalue weighted by molar-refractivity contribution is 5.91. The van der Waals surface area contributed by atoms with Crippen molar-refractivity contribution < 1.29 is 14.0 Å². The van der Waals surface area contributed by atoms with Gasteiger partial charge in [-0.15, -0.1) is 0 Å². The summed E-state index contributed by atoms with van der Waals surface area (Å²) in [7, 11) is 0. The lowest BCUT2D eigenvalue weighted by Crippen LogP contribution is -2.43. The largest absolute Gasteiger partial charge is 0.459 e. The molecule has 0 atom stereocenters. The maximum absolute atomic E-state index is 12.4. The van der Waals surface area contributed by atoms with Gasteiger partial charge in [0.25, 0.3) is 5.91 Å². The molecule has 2 saturated heterocycles. The van der Waals surface area contributed by atoms with Crippen molar-refractivity contribution in [1.82, 2.24) is 15.1 Å². The number of furan rings is 1. The molecule has 2 aliphatic heterocycles. The molecule has 0 spiro atoms. The van der Waals surface area contributed by atoms with Gasteiger partial charge >= 0.3 is 0 Å². The van der Waals surface area contributed by atoms with Crippen molar-refractivity contribution >= 4 is 11.8 Å². The van der Waals surface area contributed by atoms with Crippen LogP contribution in [0.2, 0.25) is 0 Å². The molecular weight excluding hydrogens is 330 g/mol. The average molecular weight is 361 g/mol. The Morgan fingerprint density at radius 3 is 2.54 bits per heavy atom. The molecule has 2 amide bonds. The van der Waals surface area contributed by atoms with E-state index in [4.69, 9.17) is 4.42 Å². The molecule has 1 N–H and O–H groups in total. The maximum atomic E-state index is 12.4. The van der Waals surface area contributed by atoms with Crippen LogP contribution in [0.25, 0.3) is 0 Å². The average Bonchev–Trinajstić information content (AvgIpc) is 3.21. The lowest BCUT2D eigenvalue weighted by molar-refractivity contribution is -0.126. The third-order valence-electron chi connectivity index (χ3n) is 5.71. The van der Waals surface area contributed by atoms with Crippen LogP contribution in [-0.4, -0.2) is 60.9 Å². The Balaban J connectivity index is 1.30. The lowest BCUT2D eigenvalue weighted by atomic mass is 9.95. The quantitative estimate of drug-likeness (QED) is 0.790. The second kappa shape index (κ2) is 9.21. The minimum Gasteiger partial charge on any atom is -0.459 e. The zero-order valence-electron chi connectivity index (χ0n) is 15.8. The van der Waals surface area contributed by atoms with Crippen LogP contribution in [0.4, 0.5) is 0 Å². The molecule has 3 heterocycles. The van der Waals surface area contributed by atoms with E-state index in [2.05, 4.69) is 17.1 Å². The molecule has 0 aromatic carbocycles. The first-order valence-corrected chi connectivity index (χ1v) is 9.96. The van der Waals surface area contributed by atoms with Gasteiger partial charge in [0.05, 0.1) is 6.26 Å². The van der Waals surface area contributed by atoms with E-state index in [1.807, 2.05) is 0 Å². The van der Waals surface area contributed by atoms with E-state index in [1.165, 1.54) is 32.2 Å². The van der Waals surface area contributed by atoms with Crippen LogP contribution >= 0.6 is 0 Å². The molecular formula is C20H31N3O3. The summed E-state index contributed by atoms with van der Waals surface area (Å²) in [6.45, 7) is 7.76. The molecule has 2 fully saturated rings. The molecule has 2 aliphatic rings. The predicted molar refractivity (Wildman–Crippen MR) is 99.8 cm³/mol. The van der Waals surface area contributed by atoms with Crippen molar-refractivity contribution in [2.24, 2.45) is 11.8 Å². The monoisotopic (exact) mass is 361 g/mol. The lowest BCUT2D eigenvalue weighted by Gasteiger charge is -2.31. The van der Waals surface area contributed by atoms with E-state index < -0.39 is 0 Å². The molecule has 0 aliphatic carbocycles. The number of nitrogens with one attached hydrogen (secondary N) is 1. The van der Waals surface area contributed by atoms with Crippen LogP contribution in [0.1, 0.15) is 49.6 Å². The van der Waals surface area contributed by atoms with Crippen LogP contribution in [-0.2, 0) is 4.79 Å². The SMILES string of the molecule is CC1CCN(CCCNC(=O)C2CCN(C(=O)c3ccco3)CC2)CC1. The zero-order valence-corrected chi connectivity index (χ0v) is 15.8. The van der Waals surface area contributed by atoms with Crippen molar-refractivity contribution in [2.45, 2.75) is 39.0 Å². The summed E-state index contributed by atoms with van der Waals surface area (Å²) in [5, 5.41) is 3.08. The molecule has 0 radical (unpaired) electrons. The second-order valence-corrected chi connectivity index (χ2v) is 7.71. The summed E-state index contributed by atoms with van der Waals surface area (Å²) in [6, 6.07) is 3.40. The van der Waals surface area contributed by atoms with Crippen LogP contribution in [0.3, 0.4) is 0 Å². The molecule has 6 nitrogen and oxygen atoms in total. The molecule has 0 unspecified atom stereocenters. The highest BCUT2D eigenvalue weighted by Gasteiger charge is 2.28. The van der Waals surface area contributed by atoms with Crippen LogP contribution in [0, 0.1) is 11.8 Å². The molecule has 1 aromatic rings. The van der Waals surface area contributed by atoms with Gasteiger partial charge in [-0.05, 0) is 69.8 Å². The Labute approximate surface area is 155 Å². The first kappa shape index (κ1) is 19.0. The van der Waals surface area contributed by atoms with Gasteiger partial charge in [-0.1, -0.05) is 6.92 Å². The summed E-state index contributed by atoms with van der Waals surface area (Å²) < 4.78 is 5.17. The van der Waals surface area contributed by atoms with Crippen molar-refractivity contribution in [1.29, 1.82) is 0 Å². The van der Waals surface area contributed by atoms with Gasteiger partial charge in [0.1, 0.15) is 0 Å². The zero-order chi connectivity index (χ0) is 18.4. The fourth-order valence-corrected chi connectivity index (χ4v) is 3.85. The molecule has 144 valence electrons. The third-order valence-corrected chi connectivity index (χ3v) is 5.71. The Bertz CT molecular complexity index is 571. The van der Waals surface area contributed by atoms with E-state index in [-0.39, 0.29) is 17.7 Å². The topological polar surface area (TPSA) is 65.8 Å². The number of likely N-dealkylation sites (tertiary alicyclic amines) is 2. The third kappa shape index (κ3) is 5.10. The van der Waals surface area contributed by atoms with Crippen molar-refractivity contribution in [3.05, 3.63) is 24.2 Å². The van der Waals surface area contributed by atoms with E-state index in [0.717, 1.165) is 38.3 Å². The summed E-state index contributed by atoms with van der Waals surface area (Å²) in [5.74, 6) is 1.31. The smallest absolute Gasteiger partial charge is 0.289 e. The fraction of sp³-hybridized carbons (Fsp3) is 0.700. The van der Waals surface area contributed by atoms with Gasteiger partial charge in [-0.3, -0.25) is 9.59 Å². The Hall–Kier alpha value is -1.82. The van der Waals surface area contributed by atoms with Gasteiger partial charge in [-0.25, -0.2) is 0 Å². The van der Waals surface area contributed by atoms with Crippen molar-refractivity contribution in [3.8, 4) is 0 Å². The molecule has 3 rings (SSSR count). The normalized spacial score (nSPS) is 20.3. The number of hydrogen-bond donors (Lipinski definition) is 1. The highest BCUT2D eigenvalue weighted by atomic mass is 16.3. The molecule has 0 saturated carbocycles. The number of carbonyl (C=O) groups excluding carboxylic acids is 2. The van der Waals surface area contributed by atoms with Gasteiger partial charge in [0, 0.05) is 25.6 Å². The van der Waals surface area contributed by atoms with E-state index in [0.29, 0.717) is 18.8 Å². The number of hydrogen-bond acceptors (Lipinski definition) is 4. The minimum absolute atomic E-state index is 0.0199. The first-order valence-electron chi connectivity index (χ1n) is 9.96. The van der Waals surface area contributed by atoms with Crippen molar-refractivity contribution in [3.63, 3.8) is 0 Å². The van der Waals surface area contributed by atoms with Crippen molar-refractivity contribution in [2.75, 3.05) is 39.3 Å². The van der Waals surface area contributed by atoms with Crippen LogP contribution in [0.15, 0.2) is 22.8 Å². The summed E-state index contributed by atoms with van der Waals surface area (Å²) >= 11 is 0. The van der Waals surface area contributed by atoms with Gasteiger partial charge in [-0.2, -0.15) is 0 Å². The van der Waals surface area contributed by atoms with Gasteiger partial charge in [0.15, 0.2) is 5.76 Å². The minimum atomic E-state index is -0.0790.